The molecular weight excluding hydrogens is 511 g/mol. The predicted octanol–water partition coefficient (Wildman–Crippen LogP) is 5.04. The quantitative estimate of drug-likeness (QED) is 0.258. The molecule has 0 spiro atoms. The van der Waals surface area contributed by atoms with Gasteiger partial charge in [-0.3, -0.25) is 9.78 Å². The van der Waals surface area contributed by atoms with Gasteiger partial charge in [-0.2, -0.15) is 0 Å². The largest absolute Gasteiger partial charge is 0.489 e. The molecule has 196 valence electrons. The van der Waals surface area contributed by atoms with E-state index in [0.717, 1.165) is 25.1 Å². The maximum atomic E-state index is 12.9. The zero-order chi connectivity index (χ0) is 26.3. The number of halogens is 2. The SMILES string of the molecule is O=C(Nc1cc2c(Nc3ccc(OCc4ccccn4)c(Cl)c3)ncnc2cc1OCCF)[C@@H]1CCCN1. The van der Waals surface area contributed by atoms with Crippen molar-refractivity contribution in [1.29, 1.82) is 0 Å². The summed E-state index contributed by atoms with van der Waals surface area (Å²) in [5.74, 6) is 1.19. The molecule has 9 nitrogen and oxygen atoms in total. The number of nitrogens with one attached hydrogen (secondary N) is 3. The van der Waals surface area contributed by atoms with Crippen LogP contribution in [0.1, 0.15) is 18.5 Å². The van der Waals surface area contributed by atoms with Gasteiger partial charge in [-0.1, -0.05) is 17.7 Å². The third kappa shape index (κ3) is 6.09. The monoisotopic (exact) mass is 536 g/mol. The van der Waals surface area contributed by atoms with E-state index < -0.39 is 6.67 Å². The topological polar surface area (TPSA) is 110 Å². The average Bonchev–Trinajstić information content (AvgIpc) is 3.48. The van der Waals surface area contributed by atoms with Crippen molar-refractivity contribution in [1.82, 2.24) is 20.3 Å². The van der Waals surface area contributed by atoms with E-state index in [2.05, 4.69) is 30.9 Å². The number of alkyl halides is 1. The number of rotatable bonds is 10. The number of benzene rings is 2. The molecular formula is C27H26ClFN6O3. The zero-order valence-electron chi connectivity index (χ0n) is 20.4. The van der Waals surface area contributed by atoms with Crippen LogP contribution in [-0.2, 0) is 11.4 Å². The number of anilines is 3. The van der Waals surface area contributed by atoms with E-state index >= 15 is 0 Å². The van der Waals surface area contributed by atoms with Gasteiger partial charge in [0.05, 0.1) is 28.0 Å². The summed E-state index contributed by atoms with van der Waals surface area (Å²) in [6, 6.07) is 14.0. The number of aromatic nitrogens is 3. The Morgan fingerprint density at radius 3 is 2.79 bits per heavy atom. The molecule has 11 heteroatoms. The summed E-state index contributed by atoms with van der Waals surface area (Å²) in [6.07, 6.45) is 4.80. The van der Waals surface area contributed by atoms with Crippen LogP contribution in [0.4, 0.5) is 21.6 Å². The second-order valence-corrected chi connectivity index (χ2v) is 9.05. The Balaban J connectivity index is 1.39. The average molecular weight is 537 g/mol. The lowest BCUT2D eigenvalue weighted by molar-refractivity contribution is -0.117. The van der Waals surface area contributed by atoms with Crippen LogP contribution < -0.4 is 25.4 Å². The number of hydrogen-bond acceptors (Lipinski definition) is 8. The van der Waals surface area contributed by atoms with Crippen LogP contribution in [0.2, 0.25) is 5.02 Å². The van der Waals surface area contributed by atoms with Crippen LogP contribution in [0.25, 0.3) is 10.9 Å². The molecule has 0 saturated carbocycles. The van der Waals surface area contributed by atoms with Gasteiger partial charge in [-0.15, -0.1) is 0 Å². The molecule has 0 radical (unpaired) electrons. The van der Waals surface area contributed by atoms with Crippen molar-refractivity contribution in [2.75, 3.05) is 30.5 Å². The van der Waals surface area contributed by atoms with Crippen molar-refractivity contribution in [3.05, 3.63) is 71.8 Å². The molecule has 1 fully saturated rings. The molecule has 2 aromatic heterocycles. The van der Waals surface area contributed by atoms with E-state index in [0.29, 0.717) is 51.2 Å². The van der Waals surface area contributed by atoms with Gasteiger partial charge in [0.15, 0.2) is 0 Å². The zero-order valence-corrected chi connectivity index (χ0v) is 21.2. The second kappa shape index (κ2) is 12.0. The molecule has 2 aromatic carbocycles. The lowest BCUT2D eigenvalue weighted by Gasteiger charge is -2.17. The minimum absolute atomic E-state index is 0.139. The predicted molar refractivity (Wildman–Crippen MR) is 144 cm³/mol. The van der Waals surface area contributed by atoms with E-state index in [1.807, 2.05) is 24.3 Å². The molecule has 1 aliphatic heterocycles. The molecule has 5 rings (SSSR count). The molecule has 3 N–H and O–H groups in total. The molecule has 0 bridgehead atoms. The first-order valence-electron chi connectivity index (χ1n) is 12.2. The van der Waals surface area contributed by atoms with Crippen LogP contribution in [0.3, 0.4) is 0 Å². The minimum atomic E-state index is -0.658. The van der Waals surface area contributed by atoms with Gasteiger partial charge in [0.25, 0.3) is 0 Å². The van der Waals surface area contributed by atoms with Crippen molar-refractivity contribution >= 4 is 45.6 Å². The summed E-state index contributed by atoms with van der Waals surface area (Å²) in [6.45, 7) is 0.286. The van der Waals surface area contributed by atoms with Crippen LogP contribution in [0.5, 0.6) is 11.5 Å². The first-order chi connectivity index (χ1) is 18.6. The van der Waals surface area contributed by atoms with Gasteiger partial charge >= 0.3 is 0 Å². The van der Waals surface area contributed by atoms with Gasteiger partial charge in [0, 0.05) is 23.3 Å². The molecule has 1 saturated heterocycles. The molecule has 4 aromatic rings. The first kappa shape index (κ1) is 25.6. The summed E-state index contributed by atoms with van der Waals surface area (Å²) in [5, 5.41) is 10.4. The molecule has 1 amide bonds. The Labute approximate surface area is 223 Å². The summed E-state index contributed by atoms with van der Waals surface area (Å²) < 4.78 is 24.2. The lowest BCUT2D eigenvalue weighted by Crippen LogP contribution is -2.35. The van der Waals surface area contributed by atoms with Crippen molar-refractivity contribution in [3.8, 4) is 11.5 Å². The first-order valence-corrected chi connectivity index (χ1v) is 12.6. The number of pyridine rings is 1. The third-order valence-electron chi connectivity index (χ3n) is 6.00. The van der Waals surface area contributed by atoms with E-state index in [1.54, 1.807) is 30.5 Å². The Kier molecular flexibility index (Phi) is 8.10. The van der Waals surface area contributed by atoms with E-state index in [1.165, 1.54) is 6.33 Å². The van der Waals surface area contributed by atoms with Gasteiger partial charge in [0.2, 0.25) is 5.91 Å². The highest BCUT2D eigenvalue weighted by Gasteiger charge is 2.23. The molecule has 3 heterocycles. The van der Waals surface area contributed by atoms with Crippen molar-refractivity contribution in [2.45, 2.75) is 25.5 Å². The summed E-state index contributed by atoms with van der Waals surface area (Å²) in [4.78, 5) is 25.8. The minimum Gasteiger partial charge on any atom is -0.489 e. The molecule has 1 atom stereocenters. The van der Waals surface area contributed by atoms with Gasteiger partial charge < -0.3 is 25.4 Å². The third-order valence-corrected chi connectivity index (χ3v) is 6.30. The highest BCUT2D eigenvalue weighted by Crippen LogP contribution is 2.35. The fraction of sp³-hybridized carbons (Fsp3) is 0.259. The number of carbonyl (C=O) groups excluding carboxylic acids is 1. The summed E-state index contributed by atoms with van der Waals surface area (Å²) in [5.41, 5.74) is 2.45. The maximum absolute atomic E-state index is 12.9. The fourth-order valence-electron chi connectivity index (χ4n) is 4.14. The Hall–Kier alpha value is -4.02. The lowest BCUT2D eigenvalue weighted by atomic mass is 10.1. The number of amides is 1. The van der Waals surface area contributed by atoms with Gasteiger partial charge in [-0.05, 0) is 55.8 Å². The summed E-state index contributed by atoms with van der Waals surface area (Å²) >= 11 is 6.48. The number of nitrogens with zero attached hydrogens (tertiary/aromatic N) is 3. The van der Waals surface area contributed by atoms with Gasteiger partial charge in [-0.25, -0.2) is 14.4 Å². The van der Waals surface area contributed by atoms with Crippen LogP contribution in [0.15, 0.2) is 61.1 Å². The molecule has 38 heavy (non-hydrogen) atoms. The standard InChI is InChI=1S/C27H26ClFN6O3/c28-20-12-17(6-7-24(20)38-15-18-4-1-2-9-30-18)34-26-19-13-23(35-27(36)21-5-3-10-31-21)25(37-11-8-29)14-22(19)32-16-33-26/h1-2,4,6-7,9,12-14,16,21,31H,3,5,8,10-11,15H2,(H,35,36)(H,32,33,34)/t21-/m0/s1. The van der Waals surface area contributed by atoms with Crippen molar-refractivity contribution in [2.24, 2.45) is 0 Å². The Morgan fingerprint density at radius 2 is 2.03 bits per heavy atom. The van der Waals surface area contributed by atoms with E-state index in [9.17, 15) is 9.18 Å². The Morgan fingerprint density at radius 1 is 1.11 bits per heavy atom. The van der Waals surface area contributed by atoms with Gasteiger partial charge in [0.1, 0.15) is 43.5 Å². The van der Waals surface area contributed by atoms with Crippen LogP contribution in [0, 0.1) is 0 Å². The number of fused-ring (bicyclic) bond motifs is 1. The van der Waals surface area contributed by atoms with E-state index in [4.69, 9.17) is 21.1 Å². The molecule has 0 aliphatic carbocycles. The summed E-state index contributed by atoms with van der Waals surface area (Å²) in [7, 11) is 0. The smallest absolute Gasteiger partial charge is 0.241 e. The second-order valence-electron chi connectivity index (χ2n) is 8.64. The number of carbonyl (C=O) groups is 1. The Bertz CT molecular complexity index is 1420. The van der Waals surface area contributed by atoms with Crippen LogP contribution >= 0.6 is 11.6 Å². The highest BCUT2D eigenvalue weighted by molar-refractivity contribution is 6.32. The highest BCUT2D eigenvalue weighted by atomic mass is 35.5. The molecule has 1 aliphatic rings. The number of hydrogen-bond donors (Lipinski definition) is 3. The number of ether oxygens (including phenoxy) is 2. The normalized spacial score (nSPS) is 14.8. The fourth-order valence-corrected chi connectivity index (χ4v) is 4.38. The van der Waals surface area contributed by atoms with Crippen molar-refractivity contribution < 1.29 is 18.7 Å². The molecule has 0 unspecified atom stereocenters. The van der Waals surface area contributed by atoms with Crippen LogP contribution in [-0.4, -0.2) is 46.7 Å². The van der Waals surface area contributed by atoms with Crippen molar-refractivity contribution in [3.63, 3.8) is 0 Å². The maximum Gasteiger partial charge on any atom is 0.241 e. The van der Waals surface area contributed by atoms with E-state index in [-0.39, 0.29) is 18.6 Å².